The predicted octanol–water partition coefficient (Wildman–Crippen LogP) is 2.43. The molecule has 12 heteroatoms. The maximum atomic E-state index is 12.8. The first-order chi connectivity index (χ1) is 13.2. The number of thiophene rings is 1. The number of hydrogen-bond acceptors (Lipinski definition) is 7. The Labute approximate surface area is 162 Å². The number of sulfonamides is 1. The van der Waals surface area contributed by atoms with Crippen molar-refractivity contribution in [3.63, 3.8) is 0 Å². The monoisotopic (exact) mass is 435 g/mol. The zero-order valence-corrected chi connectivity index (χ0v) is 15.9. The predicted molar refractivity (Wildman–Crippen MR) is 94.4 cm³/mol. The summed E-state index contributed by atoms with van der Waals surface area (Å²) in [4.78, 5) is 0.516. The number of benzene rings is 1. The molecule has 7 nitrogen and oxygen atoms in total. The van der Waals surface area contributed by atoms with Crippen LogP contribution in [0.3, 0.4) is 0 Å². The SMILES string of the molecule is O=S(=O)(NCc1ccc2c(c1)OCO2)c1ccc(C2CC(C(F)(F)F)NN2)s1. The molecule has 152 valence electrons. The van der Waals surface area contributed by atoms with Gasteiger partial charge in [0.2, 0.25) is 16.8 Å². The highest BCUT2D eigenvalue weighted by atomic mass is 32.2. The van der Waals surface area contributed by atoms with E-state index in [4.69, 9.17) is 9.47 Å². The van der Waals surface area contributed by atoms with E-state index in [0.29, 0.717) is 21.9 Å². The van der Waals surface area contributed by atoms with Gasteiger partial charge in [0.05, 0.1) is 6.04 Å². The molecule has 2 unspecified atom stereocenters. The minimum Gasteiger partial charge on any atom is -0.454 e. The molecule has 2 aliphatic heterocycles. The van der Waals surface area contributed by atoms with E-state index >= 15 is 0 Å². The first-order valence-corrected chi connectivity index (χ1v) is 10.6. The van der Waals surface area contributed by atoms with Crippen molar-refractivity contribution in [1.29, 1.82) is 0 Å². The summed E-state index contributed by atoms with van der Waals surface area (Å²) in [5.74, 6) is 1.15. The first kappa shape index (κ1) is 19.5. The highest BCUT2D eigenvalue weighted by Crippen LogP contribution is 2.36. The average molecular weight is 435 g/mol. The second-order valence-corrected chi connectivity index (χ2v) is 9.45. The van der Waals surface area contributed by atoms with Gasteiger partial charge in [0, 0.05) is 11.4 Å². The third kappa shape index (κ3) is 3.96. The summed E-state index contributed by atoms with van der Waals surface area (Å²) in [5.41, 5.74) is 5.47. The van der Waals surface area contributed by atoms with Gasteiger partial charge in [0.1, 0.15) is 10.3 Å². The number of fused-ring (bicyclic) bond motifs is 1. The van der Waals surface area contributed by atoms with Crippen LogP contribution in [0.2, 0.25) is 0 Å². The van der Waals surface area contributed by atoms with Crippen molar-refractivity contribution in [2.24, 2.45) is 0 Å². The number of nitrogens with one attached hydrogen (secondary N) is 3. The molecule has 1 fully saturated rings. The normalized spacial score (nSPS) is 22.0. The first-order valence-electron chi connectivity index (χ1n) is 8.28. The van der Waals surface area contributed by atoms with Crippen LogP contribution in [0.5, 0.6) is 11.5 Å². The van der Waals surface area contributed by atoms with Crippen LogP contribution >= 0.6 is 11.3 Å². The van der Waals surface area contributed by atoms with Gasteiger partial charge in [-0.05, 0) is 36.2 Å². The van der Waals surface area contributed by atoms with E-state index in [-0.39, 0.29) is 24.0 Å². The molecule has 1 aromatic heterocycles. The van der Waals surface area contributed by atoms with E-state index in [1.54, 1.807) is 18.2 Å². The van der Waals surface area contributed by atoms with Crippen molar-refractivity contribution in [1.82, 2.24) is 15.6 Å². The minimum atomic E-state index is -4.36. The summed E-state index contributed by atoms with van der Waals surface area (Å²) < 4.78 is 76.3. The molecule has 0 spiro atoms. The van der Waals surface area contributed by atoms with Gasteiger partial charge in [-0.3, -0.25) is 0 Å². The lowest BCUT2D eigenvalue weighted by Gasteiger charge is -2.12. The number of halogens is 3. The lowest BCUT2D eigenvalue weighted by Crippen LogP contribution is -2.40. The second-order valence-electron chi connectivity index (χ2n) is 6.34. The van der Waals surface area contributed by atoms with E-state index in [9.17, 15) is 21.6 Å². The fourth-order valence-electron chi connectivity index (χ4n) is 2.92. The molecule has 2 aromatic rings. The second kappa shape index (κ2) is 7.19. The fraction of sp³-hybridized carbons (Fsp3) is 0.375. The van der Waals surface area contributed by atoms with Crippen LogP contribution in [0.15, 0.2) is 34.5 Å². The molecule has 28 heavy (non-hydrogen) atoms. The maximum absolute atomic E-state index is 12.8. The fourth-order valence-corrected chi connectivity index (χ4v) is 5.38. The Bertz CT molecular complexity index is 978. The van der Waals surface area contributed by atoms with Gasteiger partial charge in [-0.2, -0.15) is 13.2 Å². The van der Waals surface area contributed by atoms with Crippen molar-refractivity contribution >= 4 is 21.4 Å². The Morgan fingerprint density at radius 1 is 1.14 bits per heavy atom. The Morgan fingerprint density at radius 2 is 1.93 bits per heavy atom. The smallest absolute Gasteiger partial charge is 0.405 e. The third-order valence-corrected chi connectivity index (χ3v) is 7.50. The molecule has 0 amide bonds. The van der Waals surface area contributed by atoms with E-state index in [2.05, 4.69) is 15.6 Å². The van der Waals surface area contributed by atoms with Crippen molar-refractivity contribution < 1.29 is 31.1 Å². The molecule has 2 atom stereocenters. The zero-order valence-electron chi connectivity index (χ0n) is 14.2. The molecule has 1 saturated heterocycles. The summed E-state index contributed by atoms with van der Waals surface area (Å²) in [5, 5.41) is 0. The third-order valence-electron chi connectivity index (χ3n) is 4.41. The van der Waals surface area contributed by atoms with Gasteiger partial charge in [0.15, 0.2) is 11.5 Å². The standard InChI is InChI=1S/C16H16F3N3O4S2/c17-16(18,19)14-6-10(21-22-14)13-3-4-15(27-13)28(23,24)20-7-9-1-2-11-12(5-9)26-8-25-11/h1-5,10,14,20-22H,6-8H2. The minimum absolute atomic E-state index is 0.0421. The van der Waals surface area contributed by atoms with Crippen LogP contribution in [0.4, 0.5) is 13.2 Å². The van der Waals surface area contributed by atoms with E-state index in [0.717, 1.165) is 11.3 Å². The van der Waals surface area contributed by atoms with Gasteiger partial charge in [0.25, 0.3) is 0 Å². The Balaban J connectivity index is 1.41. The summed E-state index contributed by atoms with van der Waals surface area (Å²) in [6.45, 7) is 0.174. The van der Waals surface area contributed by atoms with Gasteiger partial charge in [-0.1, -0.05) is 6.07 Å². The quantitative estimate of drug-likeness (QED) is 0.669. The number of hydrazine groups is 1. The Morgan fingerprint density at radius 3 is 2.68 bits per heavy atom. The molecular weight excluding hydrogens is 419 g/mol. The number of rotatable bonds is 5. The summed E-state index contributed by atoms with van der Waals surface area (Å²) >= 11 is 0.940. The van der Waals surface area contributed by atoms with Crippen LogP contribution in [0.1, 0.15) is 22.9 Å². The molecule has 2 aliphatic rings. The van der Waals surface area contributed by atoms with E-state index < -0.39 is 28.3 Å². The maximum Gasteiger partial charge on any atom is 0.405 e. The van der Waals surface area contributed by atoms with Crippen LogP contribution in [-0.2, 0) is 16.6 Å². The zero-order chi connectivity index (χ0) is 19.9. The summed E-state index contributed by atoms with van der Waals surface area (Å²) in [7, 11) is -3.80. The Kier molecular flexibility index (Phi) is 5.00. The number of alkyl halides is 3. The highest BCUT2D eigenvalue weighted by molar-refractivity contribution is 7.91. The highest BCUT2D eigenvalue weighted by Gasteiger charge is 2.44. The van der Waals surface area contributed by atoms with Crippen molar-refractivity contribution in [3.05, 3.63) is 40.8 Å². The van der Waals surface area contributed by atoms with Crippen LogP contribution in [0, 0.1) is 0 Å². The van der Waals surface area contributed by atoms with Crippen LogP contribution in [-0.4, -0.2) is 27.4 Å². The summed E-state index contributed by atoms with van der Waals surface area (Å²) in [6.07, 6.45) is -4.56. The lowest BCUT2D eigenvalue weighted by atomic mass is 10.1. The van der Waals surface area contributed by atoms with Gasteiger partial charge in [-0.25, -0.2) is 24.0 Å². The van der Waals surface area contributed by atoms with Crippen LogP contribution < -0.4 is 25.0 Å². The molecule has 0 saturated carbocycles. The molecule has 4 rings (SSSR count). The lowest BCUT2D eigenvalue weighted by molar-refractivity contribution is -0.153. The average Bonchev–Trinajstić information content (AvgIpc) is 3.38. The number of ether oxygens (including phenoxy) is 2. The molecule has 0 aliphatic carbocycles. The topological polar surface area (TPSA) is 88.7 Å². The van der Waals surface area contributed by atoms with Crippen molar-refractivity contribution in [2.45, 2.75) is 35.4 Å². The molecule has 0 radical (unpaired) electrons. The van der Waals surface area contributed by atoms with Gasteiger partial charge >= 0.3 is 6.18 Å². The summed E-state index contributed by atoms with van der Waals surface area (Å²) in [6, 6.07) is 5.77. The molecule has 1 aromatic carbocycles. The molecule has 3 heterocycles. The largest absolute Gasteiger partial charge is 0.454 e. The molecule has 0 bridgehead atoms. The van der Waals surface area contributed by atoms with E-state index in [1.165, 1.54) is 12.1 Å². The molecule has 3 N–H and O–H groups in total. The van der Waals surface area contributed by atoms with Gasteiger partial charge < -0.3 is 9.47 Å². The number of hydrogen-bond donors (Lipinski definition) is 3. The Hall–Kier alpha value is -1.86. The molecular formula is C16H16F3N3O4S2. The van der Waals surface area contributed by atoms with Gasteiger partial charge in [-0.15, -0.1) is 11.3 Å². The van der Waals surface area contributed by atoms with Crippen molar-refractivity contribution in [2.75, 3.05) is 6.79 Å². The van der Waals surface area contributed by atoms with E-state index in [1.807, 2.05) is 0 Å². The van der Waals surface area contributed by atoms with Crippen molar-refractivity contribution in [3.8, 4) is 11.5 Å². The van der Waals surface area contributed by atoms with Crippen LogP contribution in [0.25, 0.3) is 0 Å².